The Kier molecular flexibility index (Phi) is 14.5. The van der Waals surface area contributed by atoms with E-state index in [4.69, 9.17) is 9.47 Å². The van der Waals surface area contributed by atoms with Crippen LogP contribution in [0.3, 0.4) is 0 Å². The topological polar surface area (TPSA) is 161 Å². The predicted molar refractivity (Wildman–Crippen MR) is 253 cm³/mol. The van der Waals surface area contributed by atoms with Gasteiger partial charge in [0.25, 0.3) is 0 Å². The van der Waals surface area contributed by atoms with Crippen molar-refractivity contribution in [1.82, 2.24) is 15.2 Å². The molecule has 11 nitrogen and oxygen atoms in total. The average Bonchev–Trinajstić information content (AvgIpc) is 3.82. The molecule has 340 valence electrons. The van der Waals surface area contributed by atoms with Gasteiger partial charge < -0.3 is 35.1 Å². The number of carbonyl (C=O) groups is 2. The first-order chi connectivity index (χ1) is 32.0. The number of aliphatic hydroxyl groups excluding tert-OH is 1. The lowest BCUT2D eigenvalue weighted by molar-refractivity contribution is -0.164. The number of likely N-dealkylation sites (tertiary alicyclic amines) is 1. The Bertz CT molecular complexity index is 2860. The molecule has 0 saturated carbocycles. The van der Waals surface area contributed by atoms with Crippen LogP contribution in [0.2, 0.25) is 0 Å². The van der Waals surface area contributed by atoms with Crippen molar-refractivity contribution in [2.75, 3.05) is 33.4 Å². The fourth-order valence-electron chi connectivity index (χ4n) is 8.64. The van der Waals surface area contributed by atoms with Gasteiger partial charge in [-0.3, -0.25) is 14.5 Å². The Morgan fingerprint density at radius 2 is 1.64 bits per heavy atom. The summed E-state index contributed by atoms with van der Waals surface area (Å²) in [5, 5.41) is 37.1. The Morgan fingerprint density at radius 1 is 0.894 bits per heavy atom. The van der Waals surface area contributed by atoms with Gasteiger partial charge in [-0.2, -0.15) is 0 Å². The smallest absolute Gasteiger partial charge is 0.347 e. The van der Waals surface area contributed by atoms with Crippen molar-refractivity contribution in [3.63, 3.8) is 0 Å². The first-order valence-electron chi connectivity index (χ1n) is 22.0. The summed E-state index contributed by atoms with van der Waals surface area (Å²) in [6.45, 7) is 3.14. The van der Waals surface area contributed by atoms with Gasteiger partial charge in [-0.05, 0) is 109 Å². The monoisotopic (exact) mass is 909 g/mol. The number of aryl methyl sites for hydroxylation is 1. The number of phenols is 1. The fraction of sp³-hybridized carbons (Fsp3) is 0.264. The number of ketones is 1. The van der Waals surface area contributed by atoms with E-state index < -0.39 is 29.3 Å². The average molecular weight is 910 g/mol. The molecule has 0 bridgehead atoms. The lowest BCUT2D eigenvalue weighted by Gasteiger charge is -2.33. The molecule has 1 aliphatic rings. The molecule has 5 aromatic carbocycles. The number of hydrogen-bond donors (Lipinski definition) is 5. The molecule has 1 saturated heterocycles. The zero-order chi connectivity index (χ0) is 46.2. The van der Waals surface area contributed by atoms with Crippen LogP contribution >= 0.6 is 11.3 Å². The molecular formula is C53H52FN3O8S. The molecule has 0 radical (unpaired) electrons. The first kappa shape index (κ1) is 46.1. The van der Waals surface area contributed by atoms with Crippen molar-refractivity contribution in [2.45, 2.75) is 50.5 Å². The predicted octanol–water partition coefficient (Wildman–Crippen LogP) is 8.44. The summed E-state index contributed by atoms with van der Waals surface area (Å²) < 4.78 is 27.1. The molecule has 0 unspecified atom stereocenters. The number of piperidine rings is 1. The summed E-state index contributed by atoms with van der Waals surface area (Å²) >= 11 is 1.47. The van der Waals surface area contributed by atoms with Gasteiger partial charge >= 0.3 is 5.97 Å². The third-order valence-corrected chi connectivity index (χ3v) is 13.5. The van der Waals surface area contributed by atoms with Crippen LogP contribution in [0.5, 0.6) is 11.5 Å². The van der Waals surface area contributed by atoms with Gasteiger partial charge in [-0.15, -0.1) is 11.3 Å². The minimum absolute atomic E-state index is 0.0224. The highest BCUT2D eigenvalue weighted by atomic mass is 32.1. The first-order valence-corrected chi connectivity index (χ1v) is 22.9. The zero-order valence-electron chi connectivity index (χ0n) is 36.5. The molecular weight excluding hydrogens is 858 g/mol. The van der Waals surface area contributed by atoms with E-state index >= 15 is 4.39 Å². The molecule has 2 aromatic heterocycles. The minimum Gasteiger partial charge on any atom is -0.506 e. The number of carbonyl (C=O) groups excluding carboxylic acids is 2. The highest BCUT2D eigenvalue weighted by Gasteiger charge is 2.42. The maximum atomic E-state index is 15.7. The number of esters is 1. The number of benzene rings is 5. The number of fused-ring (bicyclic) bond motifs is 1. The maximum absolute atomic E-state index is 15.7. The van der Waals surface area contributed by atoms with Gasteiger partial charge in [0.15, 0.2) is 5.78 Å². The summed E-state index contributed by atoms with van der Waals surface area (Å²) in [4.78, 5) is 46.1. The number of methoxy groups -OCH3 is 1. The van der Waals surface area contributed by atoms with Gasteiger partial charge in [0, 0.05) is 52.8 Å². The number of nitrogens with one attached hydrogen (secondary N) is 2. The number of aliphatic hydroxyl groups is 2. The molecule has 13 heteroatoms. The number of hydrogen-bond acceptors (Lipinski definition) is 11. The maximum Gasteiger partial charge on any atom is 0.347 e. The van der Waals surface area contributed by atoms with Crippen LogP contribution in [-0.2, 0) is 34.6 Å². The van der Waals surface area contributed by atoms with E-state index in [0.29, 0.717) is 34.1 Å². The number of halogens is 1. The molecule has 1 fully saturated rings. The second-order valence-corrected chi connectivity index (χ2v) is 17.9. The highest BCUT2D eigenvalue weighted by Crippen LogP contribution is 2.37. The van der Waals surface area contributed by atoms with Crippen molar-refractivity contribution in [3.8, 4) is 21.9 Å². The van der Waals surface area contributed by atoms with Crippen LogP contribution in [0, 0.1) is 11.7 Å². The van der Waals surface area contributed by atoms with Crippen molar-refractivity contribution in [3.05, 3.63) is 188 Å². The number of rotatable bonds is 18. The number of aromatic hydroxyl groups is 1. The van der Waals surface area contributed by atoms with Gasteiger partial charge in [0.05, 0.1) is 30.9 Å². The summed E-state index contributed by atoms with van der Waals surface area (Å²) in [6, 6.07) is 39.0. The lowest BCUT2D eigenvalue weighted by Crippen LogP contribution is -2.40. The number of aromatic nitrogens is 1. The third-order valence-electron chi connectivity index (χ3n) is 12.3. The van der Waals surface area contributed by atoms with E-state index in [1.54, 1.807) is 54.6 Å². The second-order valence-electron chi connectivity index (χ2n) is 16.7. The van der Waals surface area contributed by atoms with Crippen molar-refractivity contribution >= 4 is 34.0 Å². The molecule has 1 aliphatic heterocycles. The van der Waals surface area contributed by atoms with E-state index in [2.05, 4.69) is 27.3 Å². The number of Topliss-reactive ketones (excluding diaryl/α,β-unsaturated/α-hetero) is 1. The van der Waals surface area contributed by atoms with E-state index in [1.807, 2.05) is 42.5 Å². The second kappa shape index (κ2) is 20.8. The third kappa shape index (κ3) is 10.5. The summed E-state index contributed by atoms with van der Waals surface area (Å²) in [5.41, 5.74) is 1.47. The Labute approximate surface area is 386 Å². The van der Waals surface area contributed by atoms with Crippen LogP contribution in [0.1, 0.15) is 68.4 Å². The number of pyridine rings is 1. The SMILES string of the molecule is COc1cc(CNC[C@H](O)c2ccc(O)c3[nH]c(=O)ccc23)cc(F)c1C(=O)CCc1ccc(-c2cccc([C@](O)(C(=O)OCC3CCN(Cc4ccccc4)CC3)c3ccccc3)c2)s1. The van der Waals surface area contributed by atoms with Crippen LogP contribution in [0.4, 0.5) is 4.39 Å². The standard InChI is InChI=1S/C53H52FN3O8S/c1-64-47-28-36(30-55-31-46(60)41-17-20-45(59)51-42(41)18-22-49(61)56-51)27-43(54)50(47)44(58)19-15-40-16-21-48(66-40)37-11-8-14-39(29-37)53(63,38-12-6-3-7-13-38)52(62)65-33-35-23-25-57(26-24-35)32-34-9-4-2-5-10-34/h2-14,16-18,20-22,27-29,35,46,55,59-60,63H,15,19,23-26,30-33H2,1H3,(H,56,61)/t46-,53-/m0/s1. The van der Waals surface area contributed by atoms with Crippen molar-refractivity contribution in [1.29, 1.82) is 0 Å². The lowest BCUT2D eigenvalue weighted by atomic mass is 9.85. The molecule has 0 spiro atoms. The normalized spacial score (nSPS) is 14.7. The summed E-state index contributed by atoms with van der Waals surface area (Å²) in [5.74, 6) is -1.69. The van der Waals surface area contributed by atoms with Crippen molar-refractivity contribution < 1.29 is 38.8 Å². The summed E-state index contributed by atoms with van der Waals surface area (Å²) in [6.07, 6.45) is 1.14. The summed E-state index contributed by atoms with van der Waals surface area (Å²) in [7, 11) is 1.38. The molecule has 66 heavy (non-hydrogen) atoms. The van der Waals surface area contributed by atoms with Crippen molar-refractivity contribution in [2.24, 2.45) is 5.92 Å². The van der Waals surface area contributed by atoms with Crippen LogP contribution < -0.4 is 15.6 Å². The van der Waals surface area contributed by atoms with E-state index in [9.17, 15) is 29.7 Å². The largest absolute Gasteiger partial charge is 0.506 e. The van der Waals surface area contributed by atoms with E-state index in [0.717, 1.165) is 47.8 Å². The van der Waals surface area contributed by atoms with E-state index in [-0.39, 0.29) is 60.2 Å². The number of nitrogens with zero attached hydrogens (tertiary/aromatic N) is 1. The quantitative estimate of drug-likeness (QED) is 0.0418. The van der Waals surface area contributed by atoms with Gasteiger partial charge in [0.1, 0.15) is 17.3 Å². The van der Waals surface area contributed by atoms with Gasteiger partial charge in [0.2, 0.25) is 11.2 Å². The molecule has 7 aromatic rings. The number of ether oxygens (including phenoxy) is 2. The number of phenolic OH excluding ortho intramolecular Hbond substituents is 1. The zero-order valence-corrected chi connectivity index (χ0v) is 37.4. The molecule has 5 N–H and O–H groups in total. The molecule has 0 aliphatic carbocycles. The Hall–Kier alpha value is -6.48. The van der Waals surface area contributed by atoms with Crippen LogP contribution in [0.25, 0.3) is 21.3 Å². The number of H-pyrrole nitrogens is 1. The minimum atomic E-state index is -2.06. The fourth-order valence-corrected chi connectivity index (χ4v) is 9.64. The van der Waals surface area contributed by atoms with Crippen LogP contribution in [0.15, 0.2) is 138 Å². The molecule has 3 heterocycles. The molecule has 8 rings (SSSR count). The highest BCUT2D eigenvalue weighted by molar-refractivity contribution is 7.15. The molecule has 2 atom stereocenters. The van der Waals surface area contributed by atoms with Crippen LogP contribution in [-0.4, -0.2) is 70.3 Å². The van der Waals surface area contributed by atoms with E-state index in [1.165, 1.54) is 48.3 Å². The number of aromatic amines is 1. The molecule has 0 amide bonds. The Morgan fingerprint density at radius 3 is 2.39 bits per heavy atom. The van der Waals surface area contributed by atoms with Gasteiger partial charge in [-0.1, -0.05) is 84.9 Å². The van der Waals surface area contributed by atoms with Gasteiger partial charge in [-0.25, -0.2) is 9.18 Å². The number of thiophene rings is 1. The Balaban J connectivity index is 0.887.